The van der Waals surface area contributed by atoms with Crippen LogP contribution in [0, 0.1) is 6.92 Å². The first-order chi connectivity index (χ1) is 34.3. The van der Waals surface area contributed by atoms with Gasteiger partial charge in [-0.25, -0.2) is 9.59 Å². The number of hydrogen-bond acceptors (Lipinski definition) is 18. The first kappa shape index (κ1) is 53.8. The van der Waals surface area contributed by atoms with Crippen molar-refractivity contribution in [2.75, 3.05) is 32.5 Å². The molecule has 2 aromatic carbocycles. The van der Waals surface area contributed by atoms with Gasteiger partial charge in [-0.15, -0.1) is 23.2 Å². The molecule has 10 atom stereocenters. The van der Waals surface area contributed by atoms with Crippen molar-refractivity contribution in [1.82, 2.24) is 9.80 Å². The van der Waals surface area contributed by atoms with E-state index >= 15 is 0 Å². The third-order valence-corrected chi connectivity index (χ3v) is 15.7. The molecule has 4 N–H and O–H groups in total. The van der Waals surface area contributed by atoms with Crippen LogP contribution in [-0.2, 0) is 76.1 Å². The molecule has 2 fully saturated rings. The monoisotopic (exact) mass is 1060 g/mol. The number of hydrogen-bond donors (Lipinski definition) is 4. The molecule has 0 unspecified atom stereocenters. The topological polar surface area (TPSA) is 254 Å². The Morgan fingerprint density at radius 2 is 1.18 bits per heavy atom. The molecule has 0 radical (unpaired) electrons. The number of esters is 5. The lowest BCUT2D eigenvalue weighted by Gasteiger charge is -2.61. The molecule has 4 aliphatic carbocycles. The summed E-state index contributed by atoms with van der Waals surface area (Å²) in [6.45, 7) is 10.7. The van der Waals surface area contributed by atoms with Crippen molar-refractivity contribution >= 4 is 59.0 Å². The zero-order valence-electron chi connectivity index (χ0n) is 42.0. The second kappa shape index (κ2) is 19.7. The molecule has 4 heterocycles. The number of halogens is 2. The van der Waals surface area contributed by atoms with Crippen molar-refractivity contribution in [3.05, 3.63) is 75.8 Å². The number of carboxylic acids is 1. The van der Waals surface area contributed by atoms with Crippen molar-refractivity contribution in [1.29, 1.82) is 0 Å². The summed E-state index contributed by atoms with van der Waals surface area (Å²) >= 11 is 9.53. The van der Waals surface area contributed by atoms with Gasteiger partial charge in [-0.05, 0) is 115 Å². The van der Waals surface area contributed by atoms with Crippen LogP contribution < -0.4 is 9.47 Å². The summed E-state index contributed by atoms with van der Waals surface area (Å²) in [6, 6.07) is 7.27. The molecular weight excluding hydrogens is 995 g/mol. The minimum atomic E-state index is -1.67. The minimum absolute atomic E-state index is 0.0521. The van der Waals surface area contributed by atoms with Gasteiger partial charge in [0, 0.05) is 49.9 Å². The van der Waals surface area contributed by atoms with Gasteiger partial charge in [0.25, 0.3) is 0 Å². The third-order valence-electron chi connectivity index (χ3n) is 15.7. The molecule has 4 aliphatic heterocycles. The number of carbonyl (C=O) groups is 6. The van der Waals surface area contributed by atoms with Gasteiger partial charge in [0.1, 0.15) is 22.9 Å². The van der Waals surface area contributed by atoms with Gasteiger partial charge >= 0.3 is 35.8 Å². The Bertz CT molecular complexity index is 2690. The summed E-state index contributed by atoms with van der Waals surface area (Å²) < 4.78 is 39.1. The lowest BCUT2D eigenvalue weighted by atomic mass is 9.50. The van der Waals surface area contributed by atoms with Crippen LogP contribution in [0.3, 0.4) is 0 Å². The van der Waals surface area contributed by atoms with Crippen molar-refractivity contribution in [2.24, 2.45) is 0 Å². The minimum Gasteiger partial charge on any atom is -0.504 e. The van der Waals surface area contributed by atoms with E-state index in [-0.39, 0.29) is 41.1 Å². The average Bonchev–Trinajstić information content (AvgIpc) is 3.84. The van der Waals surface area contributed by atoms with Gasteiger partial charge in [-0.3, -0.25) is 19.2 Å². The lowest BCUT2D eigenvalue weighted by Crippen LogP contribution is -2.74. The third kappa shape index (κ3) is 9.00. The number of benzene rings is 2. The molecule has 19 nitrogen and oxygen atoms in total. The molecule has 4 bridgehead atoms. The number of phenolic OH excluding ortho intramolecular Hbond substituents is 1. The van der Waals surface area contributed by atoms with Gasteiger partial charge in [-0.2, -0.15) is 0 Å². The zero-order valence-corrected chi connectivity index (χ0v) is 43.5. The van der Waals surface area contributed by atoms with E-state index in [2.05, 4.69) is 20.6 Å². The number of piperidine rings is 2. The SMILES string of the molecule is CC(=O)O[C@@H](CC(=O)OC1=CC[C@@]2(O)[C@H]3Cc4ccc(C)c5c4[C@@]2(CCN3C)[C@H]1O5)C(=O)OC(C)(C)C.CC(=O)O[C@@H](CC(=O)OC1=CC[C@@]2(O)[C@H]3Cc4ccc(O)c5c4[C@@]2(CCN3C)[C@H]1O5)C(=O)O.ClCCl. The van der Waals surface area contributed by atoms with E-state index in [1.54, 1.807) is 39.0 Å². The van der Waals surface area contributed by atoms with E-state index in [0.29, 0.717) is 38.0 Å². The number of alkyl halides is 2. The van der Waals surface area contributed by atoms with E-state index in [9.17, 15) is 49.2 Å². The first-order valence-electron chi connectivity index (χ1n) is 24.2. The predicted octanol–water partition coefficient (Wildman–Crippen LogP) is 4.52. The average molecular weight is 1060 g/mol. The van der Waals surface area contributed by atoms with Crippen LogP contribution in [-0.4, -0.2) is 152 Å². The first-order valence-corrected chi connectivity index (χ1v) is 25.2. The molecular formula is C52H62Cl2N2O17. The zero-order chi connectivity index (χ0) is 53.3. The van der Waals surface area contributed by atoms with Crippen LogP contribution in [0.15, 0.2) is 47.9 Å². The second-order valence-electron chi connectivity index (χ2n) is 21.0. The van der Waals surface area contributed by atoms with E-state index in [1.807, 2.05) is 33.2 Å². The van der Waals surface area contributed by atoms with Gasteiger partial charge in [0.15, 0.2) is 23.7 Å². The summed E-state index contributed by atoms with van der Waals surface area (Å²) in [5.74, 6) is -4.01. The number of carbonyl (C=O) groups excluding carboxylic acids is 5. The van der Waals surface area contributed by atoms with Crippen LogP contribution in [0.2, 0.25) is 0 Å². The fourth-order valence-electron chi connectivity index (χ4n) is 12.8. The van der Waals surface area contributed by atoms with E-state index < -0.39 is 101 Å². The molecule has 2 saturated heterocycles. The van der Waals surface area contributed by atoms with E-state index in [0.717, 1.165) is 60.4 Å². The Hall–Kier alpha value is -5.44. The molecule has 2 aromatic rings. The molecule has 0 amide bonds. The molecule has 21 heteroatoms. The van der Waals surface area contributed by atoms with E-state index in [1.165, 1.54) is 0 Å². The number of aliphatic hydroxyl groups is 2. The maximum absolute atomic E-state index is 13.1. The molecule has 0 saturated carbocycles. The van der Waals surface area contributed by atoms with E-state index in [4.69, 9.17) is 51.6 Å². The van der Waals surface area contributed by atoms with Gasteiger partial charge in [0.05, 0.1) is 40.2 Å². The number of carboxylic acid groups (broad SMARTS) is 1. The molecule has 73 heavy (non-hydrogen) atoms. The Kier molecular flexibility index (Phi) is 14.5. The molecule has 8 aliphatic rings. The standard InChI is InChI=1S/C28H35NO8.C23H25NO9.CH2Cl2/c1-15-7-8-17-13-20-28(33)10-9-18(24-27(28,11-12-29(20)6)22(17)23(15)36-24)35-21(31)14-19(34-16(2)30)25(32)37-26(3,4)5;1-11(25)31-15(21(28)29)10-17(27)32-14-5-6-23(30)16-9-12-3-4-13(26)19-18(12)22(23,20(14)33-19)7-8-24(16)2;2-1-3/h7-9,19-20,24,33H,10-14H2,1-6H3;3-5,15-16,20,26,30H,6-10H2,1-2H3,(H,28,29);1H2/t19-,20+,24-,27-,28+;15-,16+,20-,22-,23+;/m00./s1. The van der Waals surface area contributed by atoms with Gasteiger partial charge in [0.2, 0.25) is 12.2 Å². The number of aliphatic carboxylic acids is 1. The summed E-state index contributed by atoms with van der Waals surface area (Å²) in [4.78, 5) is 76.7. The van der Waals surface area contributed by atoms with Crippen LogP contribution in [0.1, 0.15) is 101 Å². The Morgan fingerprint density at radius 3 is 1.64 bits per heavy atom. The van der Waals surface area contributed by atoms with Gasteiger partial charge < -0.3 is 63.4 Å². The number of aryl methyl sites for hydroxylation is 1. The number of ether oxygens (including phenoxy) is 7. The van der Waals surface area contributed by atoms with Gasteiger partial charge in [-0.1, -0.05) is 18.2 Å². The molecule has 10 rings (SSSR count). The summed E-state index contributed by atoms with van der Waals surface area (Å²) in [6.07, 6.45) is 0.483. The molecule has 2 spiro atoms. The Labute approximate surface area is 432 Å². The van der Waals surface area contributed by atoms with Crippen molar-refractivity contribution in [3.63, 3.8) is 0 Å². The summed E-state index contributed by atoms with van der Waals surface area (Å²) in [5, 5.41) is 44.2. The number of nitrogens with zero attached hydrogens (tertiary/aromatic N) is 2. The summed E-state index contributed by atoms with van der Waals surface area (Å²) in [7, 11) is 4.00. The second-order valence-corrected chi connectivity index (χ2v) is 21.8. The van der Waals surface area contributed by atoms with Crippen LogP contribution >= 0.6 is 23.2 Å². The predicted molar refractivity (Wildman–Crippen MR) is 259 cm³/mol. The molecule has 396 valence electrons. The highest BCUT2D eigenvalue weighted by atomic mass is 35.5. The van der Waals surface area contributed by atoms with Crippen molar-refractivity contribution in [2.45, 2.75) is 157 Å². The smallest absolute Gasteiger partial charge is 0.348 e. The quantitative estimate of drug-likeness (QED) is 0.145. The maximum Gasteiger partial charge on any atom is 0.348 e. The normalized spacial score (nSPS) is 30.2. The number of likely N-dealkylation sites (tertiary alicyclic amines) is 2. The Balaban J connectivity index is 0.000000186. The highest BCUT2D eigenvalue weighted by Crippen LogP contribution is 2.66. The number of rotatable bonds is 10. The van der Waals surface area contributed by atoms with Crippen LogP contribution in [0.5, 0.6) is 17.2 Å². The highest BCUT2D eigenvalue weighted by molar-refractivity contribution is 6.40. The fourth-order valence-corrected chi connectivity index (χ4v) is 12.8. The number of phenols is 1. The number of likely N-dealkylation sites (N-methyl/N-ethyl adjacent to an activating group) is 2. The Morgan fingerprint density at radius 1 is 0.740 bits per heavy atom. The highest BCUT2D eigenvalue weighted by Gasteiger charge is 2.73. The largest absolute Gasteiger partial charge is 0.504 e. The molecule has 0 aromatic heterocycles. The fraction of sp³-hybridized carbons (Fsp3) is 0.577. The van der Waals surface area contributed by atoms with Crippen LogP contribution in [0.4, 0.5) is 0 Å². The lowest BCUT2D eigenvalue weighted by molar-refractivity contribution is -0.179. The maximum atomic E-state index is 13.1. The summed E-state index contributed by atoms with van der Waals surface area (Å²) in [5.41, 5.74) is 0.102. The number of aromatic hydroxyl groups is 1. The van der Waals surface area contributed by atoms with Crippen molar-refractivity contribution in [3.8, 4) is 17.2 Å². The van der Waals surface area contributed by atoms with Crippen LogP contribution in [0.25, 0.3) is 0 Å². The van der Waals surface area contributed by atoms with Crippen molar-refractivity contribution < 1.29 is 82.4 Å².